The third-order valence-electron chi connectivity index (χ3n) is 5.46. The van der Waals surface area contributed by atoms with Crippen LogP contribution >= 0.6 is 0 Å². The first kappa shape index (κ1) is 21.9. The lowest BCUT2D eigenvalue weighted by atomic mass is 10.1. The maximum atomic E-state index is 12.0. The van der Waals surface area contributed by atoms with Gasteiger partial charge in [0, 0.05) is 18.1 Å². The zero-order chi connectivity index (χ0) is 23.5. The van der Waals surface area contributed by atoms with E-state index in [0.29, 0.717) is 5.75 Å². The second kappa shape index (κ2) is 9.54. The maximum Gasteiger partial charge on any atom is 0.341 e. The van der Waals surface area contributed by atoms with Crippen LogP contribution in [0.1, 0.15) is 6.04 Å². The average molecular weight is 471 g/mol. The third kappa shape index (κ3) is 4.59. The van der Waals surface area contributed by atoms with E-state index in [1.165, 1.54) is 4.68 Å². The van der Waals surface area contributed by atoms with E-state index >= 15 is 0 Å². The number of nitrogens with one attached hydrogen (secondary N) is 1. The quantitative estimate of drug-likeness (QED) is 0.416. The van der Waals surface area contributed by atoms with Crippen LogP contribution in [0.15, 0.2) is 43.0 Å². The Kier molecular flexibility index (Phi) is 6.16. The predicted molar refractivity (Wildman–Crippen MR) is 110 cm³/mol. The number of hydrogen-bond acceptors (Lipinski definition) is 10. The molecule has 178 valence electrons. The molecule has 1 amide bonds. The van der Waals surface area contributed by atoms with Crippen LogP contribution in [0.25, 0.3) is 5.69 Å². The summed E-state index contributed by atoms with van der Waals surface area (Å²) in [4.78, 5) is 26.6. The first-order valence-corrected chi connectivity index (χ1v) is 10.4. The Morgan fingerprint density at radius 1 is 1.15 bits per heavy atom. The summed E-state index contributed by atoms with van der Waals surface area (Å²) in [5.74, 6) is -1.05. The zero-order valence-corrected chi connectivity index (χ0v) is 17.8. The standard InChI is InChI=1S/C20H21N7O7/c28-16(9-31-10-17(29)30)22-14-7-32-19-15(8-33-18(14)19)27-20(23-24-25-27)34-13-3-1-12(2-4-13)26-6-5-21-11-26/h1-6,11,14-15,18-19H,7-10H2,(H,22,28)(H,29,30). The number of aromatic nitrogens is 6. The molecule has 0 saturated carbocycles. The van der Waals surface area contributed by atoms with Gasteiger partial charge in [0.2, 0.25) is 5.91 Å². The number of rotatable bonds is 9. The van der Waals surface area contributed by atoms with Gasteiger partial charge in [0.25, 0.3) is 0 Å². The molecule has 0 bridgehead atoms. The highest BCUT2D eigenvalue weighted by molar-refractivity contribution is 5.78. The van der Waals surface area contributed by atoms with E-state index < -0.39 is 36.7 Å². The molecule has 3 aromatic rings. The van der Waals surface area contributed by atoms with Crippen molar-refractivity contribution in [1.29, 1.82) is 0 Å². The number of carbonyl (C=O) groups is 2. The lowest BCUT2D eigenvalue weighted by Gasteiger charge is -2.18. The lowest BCUT2D eigenvalue weighted by molar-refractivity contribution is -0.143. The molecular formula is C20H21N7O7. The molecule has 0 aliphatic carbocycles. The van der Waals surface area contributed by atoms with E-state index in [1.54, 1.807) is 24.7 Å². The van der Waals surface area contributed by atoms with E-state index in [9.17, 15) is 9.59 Å². The van der Waals surface area contributed by atoms with Crippen molar-refractivity contribution in [2.45, 2.75) is 24.3 Å². The molecule has 0 spiro atoms. The number of imidazole rings is 1. The third-order valence-corrected chi connectivity index (χ3v) is 5.46. The van der Waals surface area contributed by atoms with Crippen LogP contribution in [-0.2, 0) is 23.8 Å². The molecule has 5 rings (SSSR count). The molecule has 4 heterocycles. The van der Waals surface area contributed by atoms with Crippen molar-refractivity contribution < 1.29 is 33.6 Å². The maximum absolute atomic E-state index is 12.0. The highest BCUT2D eigenvalue weighted by Gasteiger charge is 2.50. The SMILES string of the molecule is O=C(O)COCC(=O)NC1COC2C1OCC2n1nnnc1Oc1ccc(-n2ccnc2)cc1. The molecule has 0 radical (unpaired) electrons. The predicted octanol–water partition coefficient (Wildman–Crippen LogP) is -0.424. The van der Waals surface area contributed by atoms with E-state index in [1.807, 2.05) is 22.9 Å². The van der Waals surface area contributed by atoms with Gasteiger partial charge < -0.3 is 33.9 Å². The Morgan fingerprint density at radius 2 is 1.97 bits per heavy atom. The first-order valence-electron chi connectivity index (χ1n) is 10.4. The molecule has 34 heavy (non-hydrogen) atoms. The number of carboxylic acids is 1. The number of ether oxygens (including phenoxy) is 4. The number of tetrazole rings is 1. The number of benzene rings is 1. The molecule has 14 nitrogen and oxygen atoms in total. The minimum Gasteiger partial charge on any atom is -0.480 e. The van der Waals surface area contributed by atoms with Gasteiger partial charge in [-0.05, 0) is 34.7 Å². The number of carbonyl (C=O) groups excluding carboxylic acids is 1. The van der Waals surface area contributed by atoms with Crippen molar-refractivity contribution in [3.63, 3.8) is 0 Å². The van der Waals surface area contributed by atoms with Crippen molar-refractivity contribution in [1.82, 2.24) is 35.1 Å². The zero-order valence-electron chi connectivity index (χ0n) is 17.8. The van der Waals surface area contributed by atoms with Gasteiger partial charge in [-0.15, -0.1) is 0 Å². The molecule has 4 unspecified atom stereocenters. The smallest absolute Gasteiger partial charge is 0.341 e. The fourth-order valence-corrected chi connectivity index (χ4v) is 3.96. The second-order valence-electron chi connectivity index (χ2n) is 7.70. The summed E-state index contributed by atoms with van der Waals surface area (Å²) in [6, 6.07) is 6.78. The van der Waals surface area contributed by atoms with Crippen LogP contribution in [-0.4, -0.2) is 91.4 Å². The molecular weight excluding hydrogens is 450 g/mol. The van der Waals surface area contributed by atoms with Gasteiger partial charge in [0.05, 0.1) is 25.6 Å². The van der Waals surface area contributed by atoms with E-state index in [0.717, 1.165) is 5.69 Å². The number of aliphatic carboxylic acids is 1. The van der Waals surface area contributed by atoms with Gasteiger partial charge in [-0.25, -0.2) is 9.78 Å². The number of fused-ring (bicyclic) bond motifs is 1. The molecule has 4 atom stereocenters. The fraction of sp³-hybridized carbons (Fsp3) is 0.400. The Bertz CT molecular complexity index is 1130. The summed E-state index contributed by atoms with van der Waals surface area (Å²) in [6.07, 6.45) is 4.42. The summed E-state index contributed by atoms with van der Waals surface area (Å²) in [6.45, 7) is -0.426. The second-order valence-corrected chi connectivity index (χ2v) is 7.70. The minimum absolute atomic E-state index is 0.183. The number of amides is 1. The van der Waals surface area contributed by atoms with Crippen LogP contribution < -0.4 is 10.1 Å². The average Bonchev–Trinajstić information content (AvgIpc) is 3.61. The van der Waals surface area contributed by atoms with Crippen molar-refractivity contribution in [2.75, 3.05) is 26.4 Å². The molecule has 14 heteroatoms. The minimum atomic E-state index is -1.15. The number of nitrogens with zero attached hydrogens (tertiary/aromatic N) is 6. The van der Waals surface area contributed by atoms with Gasteiger partial charge in [-0.2, -0.15) is 4.68 Å². The highest BCUT2D eigenvalue weighted by Crippen LogP contribution is 2.36. The van der Waals surface area contributed by atoms with Crippen molar-refractivity contribution in [2.24, 2.45) is 0 Å². The fourth-order valence-electron chi connectivity index (χ4n) is 3.96. The van der Waals surface area contributed by atoms with Gasteiger partial charge >= 0.3 is 12.0 Å². The van der Waals surface area contributed by atoms with Gasteiger partial charge in [-0.1, -0.05) is 5.10 Å². The molecule has 2 aromatic heterocycles. The number of hydrogen-bond donors (Lipinski definition) is 2. The van der Waals surface area contributed by atoms with Crippen LogP contribution in [0.2, 0.25) is 0 Å². The van der Waals surface area contributed by atoms with Gasteiger partial charge in [0.15, 0.2) is 0 Å². The van der Waals surface area contributed by atoms with Crippen molar-refractivity contribution >= 4 is 11.9 Å². The summed E-state index contributed by atoms with van der Waals surface area (Å²) < 4.78 is 25.8. The van der Waals surface area contributed by atoms with Crippen LogP contribution in [0.4, 0.5) is 0 Å². The van der Waals surface area contributed by atoms with E-state index in [2.05, 4.69) is 25.8 Å². The highest BCUT2D eigenvalue weighted by atomic mass is 16.6. The summed E-state index contributed by atoms with van der Waals surface area (Å²) in [5, 5.41) is 23.1. The monoisotopic (exact) mass is 471 g/mol. The van der Waals surface area contributed by atoms with Gasteiger partial charge in [-0.3, -0.25) is 4.79 Å². The van der Waals surface area contributed by atoms with Crippen LogP contribution in [0, 0.1) is 0 Å². The Labute approximate surface area is 192 Å². The molecule has 1 aromatic carbocycles. The topological polar surface area (TPSA) is 165 Å². The molecule has 2 aliphatic rings. The van der Waals surface area contributed by atoms with E-state index in [-0.39, 0.29) is 31.9 Å². The summed E-state index contributed by atoms with van der Waals surface area (Å²) in [7, 11) is 0. The van der Waals surface area contributed by atoms with E-state index in [4.69, 9.17) is 24.1 Å². The van der Waals surface area contributed by atoms with Crippen molar-refractivity contribution in [3.8, 4) is 17.4 Å². The molecule has 2 aliphatic heterocycles. The summed E-state index contributed by atoms with van der Waals surface area (Å²) >= 11 is 0. The van der Waals surface area contributed by atoms with Gasteiger partial charge in [0.1, 0.15) is 37.2 Å². The van der Waals surface area contributed by atoms with Crippen molar-refractivity contribution in [3.05, 3.63) is 43.0 Å². The van der Waals surface area contributed by atoms with Crippen LogP contribution in [0.3, 0.4) is 0 Å². The molecule has 2 N–H and O–H groups in total. The van der Waals surface area contributed by atoms with Crippen LogP contribution in [0.5, 0.6) is 11.8 Å². The normalized spacial score (nSPS) is 23.5. The molecule has 2 fully saturated rings. The Morgan fingerprint density at radius 3 is 2.74 bits per heavy atom. The summed E-state index contributed by atoms with van der Waals surface area (Å²) in [5.41, 5.74) is 0.928. The lowest BCUT2D eigenvalue weighted by Crippen LogP contribution is -2.45. The number of carboxylic acid groups (broad SMARTS) is 1. The largest absolute Gasteiger partial charge is 0.480 e. The molecule has 2 saturated heterocycles. The first-order chi connectivity index (χ1) is 16.6. The Balaban J connectivity index is 1.21. The Hall–Kier alpha value is -3.88.